The van der Waals surface area contributed by atoms with Crippen molar-refractivity contribution in [1.82, 2.24) is 10.2 Å². The van der Waals surface area contributed by atoms with Gasteiger partial charge in [-0.3, -0.25) is 10.1 Å². The molecule has 0 bridgehead atoms. The van der Waals surface area contributed by atoms with Gasteiger partial charge in [0.2, 0.25) is 5.91 Å². The molecule has 1 saturated carbocycles. The van der Waals surface area contributed by atoms with Crippen LogP contribution in [0.3, 0.4) is 0 Å². The van der Waals surface area contributed by atoms with Crippen LogP contribution in [0.2, 0.25) is 0 Å². The normalized spacial score (nSPS) is 31.7. The Morgan fingerprint density at radius 2 is 2.12 bits per heavy atom. The first-order valence-electron chi connectivity index (χ1n) is 6.77. The van der Waals surface area contributed by atoms with E-state index in [0.717, 1.165) is 32.2 Å². The van der Waals surface area contributed by atoms with Crippen LogP contribution in [0.4, 0.5) is 0 Å². The maximum Gasteiger partial charge on any atom is 0.241 e. The summed E-state index contributed by atoms with van der Waals surface area (Å²) >= 11 is 0. The molecule has 1 amide bonds. The van der Waals surface area contributed by atoms with Gasteiger partial charge < -0.3 is 9.64 Å². The second kappa shape index (κ2) is 4.94. The van der Waals surface area contributed by atoms with Crippen LogP contribution in [0, 0.1) is 0 Å². The second-order valence-corrected chi connectivity index (χ2v) is 5.26. The molecule has 2 aliphatic rings. The van der Waals surface area contributed by atoms with Crippen LogP contribution in [0.15, 0.2) is 0 Å². The number of amides is 1. The lowest BCUT2D eigenvalue weighted by Gasteiger charge is -2.44. The van der Waals surface area contributed by atoms with Crippen LogP contribution in [0.25, 0.3) is 0 Å². The summed E-state index contributed by atoms with van der Waals surface area (Å²) in [7, 11) is 1.77. The van der Waals surface area contributed by atoms with E-state index >= 15 is 0 Å². The summed E-state index contributed by atoms with van der Waals surface area (Å²) in [6.07, 6.45) is 5.41. The summed E-state index contributed by atoms with van der Waals surface area (Å²) in [6.45, 7) is 4.93. The van der Waals surface area contributed by atoms with E-state index in [1.807, 2.05) is 4.90 Å². The first-order valence-corrected chi connectivity index (χ1v) is 6.77. The van der Waals surface area contributed by atoms with Crippen LogP contribution in [0.1, 0.15) is 46.0 Å². The third-order valence-corrected chi connectivity index (χ3v) is 4.30. The van der Waals surface area contributed by atoms with Crippen molar-refractivity contribution < 1.29 is 9.53 Å². The third-order valence-electron chi connectivity index (χ3n) is 4.30. The molecular weight excluding hydrogens is 216 g/mol. The summed E-state index contributed by atoms with van der Waals surface area (Å²) < 4.78 is 5.62. The largest absolute Gasteiger partial charge is 0.376 e. The lowest BCUT2D eigenvalue weighted by molar-refractivity contribution is -0.140. The van der Waals surface area contributed by atoms with Gasteiger partial charge in [-0.15, -0.1) is 0 Å². The first kappa shape index (κ1) is 12.8. The second-order valence-electron chi connectivity index (χ2n) is 5.26. The molecule has 2 rings (SSSR count). The van der Waals surface area contributed by atoms with Gasteiger partial charge >= 0.3 is 0 Å². The van der Waals surface area contributed by atoms with Crippen molar-refractivity contribution >= 4 is 5.91 Å². The minimum atomic E-state index is -0.0621. The Hall–Kier alpha value is -0.610. The molecule has 2 atom stereocenters. The zero-order valence-corrected chi connectivity index (χ0v) is 11.2. The molecule has 0 aromatic heterocycles. The highest BCUT2D eigenvalue weighted by atomic mass is 16.5. The van der Waals surface area contributed by atoms with E-state index in [2.05, 4.69) is 19.2 Å². The van der Waals surface area contributed by atoms with E-state index in [0.29, 0.717) is 0 Å². The van der Waals surface area contributed by atoms with Crippen molar-refractivity contribution in [3.8, 4) is 0 Å². The Balaban J connectivity index is 2.05. The van der Waals surface area contributed by atoms with Gasteiger partial charge in [-0.05, 0) is 32.1 Å². The van der Waals surface area contributed by atoms with Crippen LogP contribution in [-0.4, -0.2) is 42.3 Å². The standard InChI is InChI=1S/C13H24N2O2/c1-4-10-12(16)15(11(5-2)14-10)9-13(17-3)7-6-8-13/h10-11,14H,4-9H2,1-3H3. The highest BCUT2D eigenvalue weighted by molar-refractivity contribution is 5.84. The summed E-state index contributed by atoms with van der Waals surface area (Å²) in [6, 6.07) is 0.00827. The maximum absolute atomic E-state index is 12.2. The van der Waals surface area contributed by atoms with Gasteiger partial charge in [0.1, 0.15) is 0 Å². The monoisotopic (exact) mass is 240 g/mol. The Morgan fingerprint density at radius 3 is 2.53 bits per heavy atom. The van der Waals surface area contributed by atoms with Crippen LogP contribution < -0.4 is 5.32 Å². The van der Waals surface area contributed by atoms with E-state index in [9.17, 15) is 4.79 Å². The van der Waals surface area contributed by atoms with Crippen LogP contribution in [-0.2, 0) is 9.53 Å². The summed E-state index contributed by atoms with van der Waals surface area (Å²) in [4.78, 5) is 14.2. The number of hydrogen-bond acceptors (Lipinski definition) is 3. The molecule has 1 saturated heterocycles. The number of methoxy groups -OCH3 is 1. The smallest absolute Gasteiger partial charge is 0.241 e. The molecule has 1 aliphatic heterocycles. The highest BCUT2D eigenvalue weighted by Gasteiger charge is 2.45. The Kier molecular flexibility index (Phi) is 3.73. The van der Waals surface area contributed by atoms with Gasteiger partial charge in [-0.2, -0.15) is 0 Å². The van der Waals surface area contributed by atoms with E-state index < -0.39 is 0 Å². The van der Waals surface area contributed by atoms with E-state index in [1.165, 1.54) is 6.42 Å². The number of hydrogen-bond donors (Lipinski definition) is 1. The molecule has 0 aromatic rings. The Morgan fingerprint density at radius 1 is 1.41 bits per heavy atom. The third kappa shape index (κ3) is 2.20. The van der Waals surface area contributed by atoms with E-state index in [1.54, 1.807) is 7.11 Å². The molecule has 1 aliphatic carbocycles. The number of ether oxygens (including phenoxy) is 1. The molecule has 4 nitrogen and oxygen atoms in total. The lowest BCUT2D eigenvalue weighted by atomic mass is 9.79. The van der Waals surface area contributed by atoms with Crippen LogP contribution >= 0.6 is 0 Å². The summed E-state index contributed by atoms with van der Waals surface area (Å²) in [5.74, 6) is 0.252. The minimum absolute atomic E-state index is 0.00827. The van der Waals surface area contributed by atoms with E-state index in [4.69, 9.17) is 4.74 Å². The van der Waals surface area contributed by atoms with Crippen molar-refractivity contribution in [2.75, 3.05) is 13.7 Å². The SMILES string of the molecule is CCC1NC(CC)N(CC2(OC)CCC2)C1=O. The molecule has 0 spiro atoms. The van der Waals surface area contributed by atoms with Crippen molar-refractivity contribution in [3.63, 3.8) is 0 Å². The maximum atomic E-state index is 12.2. The van der Waals surface area contributed by atoms with Crippen molar-refractivity contribution in [2.24, 2.45) is 0 Å². The van der Waals surface area contributed by atoms with E-state index in [-0.39, 0.29) is 23.7 Å². The molecule has 2 fully saturated rings. The molecule has 0 radical (unpaired) electrons. The highest BCUT2D eigenvalue weighted by Crippen LogP contribution is 2.37. The number of nitrogens with zero attached hydrogens (tertiary/aromatic N) is 1. The van der Waals surface area contributed by atoms with Gasteiger partial charge in [0.05, 0.1) is 24.4 Å². The zero-order valence-electron chi connectivity index (χ0n) is 11.2. The van der Waals surface area contributed by atoms with Gasteiger partial charge in [0.15, 0.2) is 0 Å². The van der Waals surface area contributed by atoms with Crippen LogP contribution in [0.5, 0.6) is 0 Å². The average molecular weight is 240 g/mol. The van der Waals surface area contributed by atoms with Gasteiger partial charge in [0, 0.05) is 7.11 Å². The van der Waals surface area contributed by atoms with Gasteiger partial charge in [-0.1, -0.05) is 13.8 Å². The fourth-order valence-electron chi connectivity index (χ4n) is 2.87. The van der Waals surface area contributed by atoms with Gasteiger partial charge in [-0.25, -0.2) is 0 Å². The molecule has 1 heterocycles. The Bertz CT molecular complexity index is 284. The fraction of sp³-hybridized carbons (Fsp3) is 0.923. The van der Waals surface area contributed by atoms with Crippen molar-refractivity contribution in [2.45, 2.75) is 63.8 Å². The lowest BCUT2D eigenvalue weighted by Crippen LogP contribution is -2.52. The number of carbonyl (C=O) groups is 1. The molecule has 1 N–H and O–H groups in total. The number of nitrogens with one attached hydrogen (secondary N) is 1. The summed E-state index contributed by atoms with van der Waals surface area (Å²) in [5.41, 5.74) is -0.0621. The quantitative estimate of drug-likeness (QED) is 0.792. The summed E-state index contributed by atoms with van der Waals surface area (Å²) in [5, 5.41) is 3.41. The molecule has 2 unspecified atom stereocenters. The minimum Gasteiger partial charge on any atom is -0.376 e. The molecular formula is C13H24N2O2. The number of rotatable bonds is 5. The number of carbonyl (C=O) groups excluding carboxylic acids is 1. The molecule has 0 aromatic carbocycles. The zero-order chi connectivity index (χ0) is 12.5. The van der Waals surface area contributed by atoms with Gasteiger partial charge in [0.25, 0.3) is 0 Å². The molecule has 98 valence electrons. The predicted octanol–water partition coefficient (Wildman–Crippen LogP) is 1.50. The first-order chi connectivity index (χ1) is 8.15. The predicted molar refractivity (Wildman–Crippen MR) is 66.6 cm³/mol. The molecule has 17 heavy (non-hydrogen) atoms. The fourth-order valence-corrected chi connectivity index (χ4v) is 2.87. The van der Waals surface area contributed by atoms with Crippen molar-refractivity contribution in [1.29, 1.82) is 0 Å². The Labute approximate surface area is 104 Å². The van der Waals surface area contributed by atoms with Crippen molar-refractivity contribution in [3.05, 3.63) is 0 Å². The average Bonchev–Trinajstić information content (AvgIpc) is 2.60. The topological polar surface area (TPSA) is 41.6 Å². The molecule has 4 heteroatoms.